The molecule has 0 radical (unpaired) electrons. The van der Waals surface area contributed by atoms with Crippen LogP contribution in [0.15, 0.2) is 10.9 Å². The molecule has 4 heteroatoms. The van der Waals surface area contributed by atoms with Crippen LogP contribution in [0.3, 0.4) is 0 Å². The van der Waals surface area contributed by atoms with E-state index in [0.717, 1.165) is 31.1 Å². The van der Waals surface area contributed by atoms with Crippen molar-refractivity contribution in [3.63, 3.8) is 0 Å². The highest BCUT2D eigenvalue weighted by Crippen LogP contribution is 2.18. The van der Waals surface area contributed by atoms with Crippen LogP contribution in [0, 0.1) is 5.92 Å². The molecule has 0 aliphatic carbocycles. The van der Waals surface area contributed by atoms with Crippen LogP contribution in [-0.2, 0) is 20.5 Å². The molecular weight excluding hydrogens is 202 g/mol. The van der Waals surface area contributed by atoms with Crippen molar-refractivity contribution in [3.05, 3.63) is 22.1 Å². The molecule has 1 aliphatic heterocycles. The van der Waals surface area contributed by atoms with Gasteiger partial charge in [0.2, 0.25) is 0 Å². The molecule has 0 atom stereocenters. The summed E-state index contributed by atoms with van der Waals surface area (Å²) in [6.45, 7) is 2.30. The first-order valence-corrected chi connectivity index (χ1v) is 6.11. The zero-order valence-electron chi connectivity index (χ0n) is 10.2. The summed E-state index contributed by atoms with van der Waals surface area (Å²) < 4.78 is 3.63. The van der Waals surface area contributed by atoms with Crippen molar-refractivity contribution in [1.82, 2.24) is 14.7 Å². The second-order valence-electron chi connectivity index (χ2n) is 4.75. The Morgan fingerprint density at radius 1 is 1.31 bits per heavy atom. The molecule has 90 valence electrons. The Morgan fingerprint density at radius 3 is 2.56 bits per heavy atom. The number of hydrogen-bond donors (Lipinski definition) is 1. The van der Waals surface area contributed by atoms with E-state index in [1.165, 1.54) is 19.3 Å². The Hall–Kier alpha value is -1.03. The first-order valence-electron chi connectivity index (χ1n) is 6.11. The van der Waals surface area contributed by atoms with Gasteiger partial charge >= 0.3 is 0 Å². The molecule has 1 aromatic heterocycles. The largest absolute Gasteiger partial charge is 0.317 e. The number of nitrogens with one attached hydrogen (secondary N) is 1. The summed E-state index contributed by atoms with van der Waals surface area (Å²) in [7, 11) is 3.77. The zero-order chi connectivity index (χ0) is 11.5. The van der Waals surface area contributed by atoms with Crippen molar-refractivity contribution < 1.29 is 0 Å². The van der Waals surface area contributed by atoms with Crippen molar-refractivity contribution in [2.75, 3.05) is 13.1 Å². The van der Waals surface area contributed by atoms with E-state index in [2.05, 4.69) is 5.32 Å². The Morgan fingerprint density at radius 2 is 2.00 bits per heavy atom. The standard InChI is InChI=1S/C12H21N3O/c1-14-11(9-12(16)15(14)2)4-3-10-5-7-13-8-6-10/h9-10,13H,3-8H2,1-2H3. The van der Waals surface area contributed by atoms with Gasteiger partial charge in [-0.3, -0.25) is 14.2 Å². The summed E-state index contributed by atoms with van der Waals surface area (Å²) in [5.74, 6) is 0.830. The lowest BCUT2D eigenvalue weighted by Crippen LogP contribution is -2.28. The fourth-order valence-electron chi connectivity index (χ4n) is 2.43. The number of hydrogen-bond acceptors (Lipinski definition) is 2. The summed E-state index contributed by atoms with van der Waals surface area (Å²) in [4.78, 5) is 11.4. The average molecular weight is 223 g/mol. The van der Waals surface area contributed by atoms with Crippen molar-refractivity contribution in [3.8, 4) is 0 Å². The lowest BCUT2D eigenvalue weighted by molar-refractivity contribution is 0.351. The number of aromatic nitrogens is 2. The third-order valence-corrected chi connectivity index (χ3v) is 3.74. The molecule has 0 bridgehead atoms. The molecule has 0 saturated carbocycles. The predicted molar refractivity (Wildman–Crippen MR) is 64.6 cm³/mol. The van der Waals surface area contributed by atoms with Crippen LogP contribution in [0.5, 0.6) is 0 Å². The molecule has 2 heterocycles. The van der Waals surface area contributed by atoms with Crippen LogP contribution < -0.4 is 10.9 Å². The van der Waals surface area contributed by atoms with Crippen LogP contribution >= 0.6 is 0 Å². The highest BCUT2D eigenvalue weighted by molar-refractivity contribution is 5.02. The molecule has 2 rings (SSSR count). The number of piperidine rings is 1. The Labute approximate surface area is 96.2 Å². The minimum Gasteiger partial charge on any atom is -0.317 e. The lowest BCUT2D eigenvalue weighted by Gasteiger charge is -2.22. The van der Waals surface area contributed by atoms with E-state index in [1.807, 2.05) is 18.8 Å². The van der Waals surface area contributed by atoms with Gasteiger partial charge in [0, 0.05) is 25.9 Å². The molecule has 0 aromatic carbocycles. The van der Waals surface area contributed by atoms with E-state index in [1.54, 1.807) is 10.7 Å². The van der Waals surface area contributed by atoms with E-state index in [9.17, 15) is 4.79 Å². The van der Waals surface area contributed by atoms with Gasteiger partial charge in [-0.1, -0.05) is 0 Å². The minimum atomic E-state index is 0.0998. The average Bonchev–Trinajstić information content (AvgIpc) is 2.56. The molecule has 16 heavy (non-hydrogen) atoms. The van der Waals surface area contributed by atoms with Crippen LogP contribution in [0.2, 0.25) is 0 Å². The van der Waals surface area contributed by atoms with Gasteiger partial charge in [0.15, 0.2) is 0 Å². The maximum Gasteiger partial charge on any atom is 0.266 e. The monoisotopic (exact) mass is 223 g/mol. The van der Waals surface area contributed by atoms with E-state index in [4.69, 9.17) is 0 Å². The van der Waals surface area contributed by atoms with Gasteiger partial charge in [-0.2, -0.15) is 0 Å². The van der Waals surface area contributed by atoms with Gasteiger partial charge in [0.05, 0.1) is 0 Å². The lowest BCUT2D eigenvalue weighted by atomic mass is 9.92. The molecule has 0 amide bonds. The van der Waals surface area contributed by atoms with E-state index >= 15 is 0 Å². The van der Waals surface area contributed by atoms with Gasteiger partial charge in [-0.05, 0) is 44.7 Å². The second kappa shape index (κ2) is 4.87. The van der Waals surface area contributed by atoms with Crippen molar-refractivity contribution in [2.45, 2.75) is 25.7 Å². The molecule has 0 spiro atoms. The van der Waals surface area contributed by atoms with Crippen LogP contribution in [0.1, 0.15) is 25.0 Å². The summed E-state index contributed by atoms with van der Waals surface area (Å²) >= 11 is 0. The van der Waals surface area contributed by atoms with Crippen molar-refractivity contribution in [1.29, 1.82) is 0 Å². The zero-order valence-corrected chi connectivity index (χ0v) is 10.2. The van der Waals surface area contributed by atoms with Gasteiger partial charge in [0.25, 0.3) is 5.56 Å². The predicted octanol–water partition coefficient (Wildman–Crippen LogP) is 0.656. The van der Waals surface area contributed by atoms with Crippen LogP contribution in [0.4, 0.5) is 0 Å². The molecular formula is C12H21N3O. The summed E-state index contributed by atoms with van der Waals surface area (Å²) in [5, 5.41) is 3.38. The third kappa shape index (κ3) is 2.38. The maximum atomic E-state index is 11.4. The number of rotatable bonds is 3. The van der Waals surface area contributed by atoms with Crippen LogP contribution in [-0.4, -0.2) is 22.5 Å². The second-order valence-corrected chi connectivity index (χ2v) is 4.75. The smallest absolute Gasteiger partial charge is 0.266 e. The highest BCUT2D eigenvalue weighted by Gasteiger charge is 2.14. The Balaban J connectivity index is 1.93. The first-order chi connectivity index (χ1) is 7.68. The number of aryl methyl sites for hydroxylation is 1. The van der Waals surface area contributed by atoms with Crippen molar-refractivity contribution in [2.24, 2.45) is 20.0 Å². The molecule has 1 saturated heterocycles. The summed E-state index contributed by atoms with van der Waals surface area (Å²) in [5.41, 5.74) is 1.26. The quantitative estimate of drug-likeness (QED) is 0.817. The molecule has 1 aliphatic rings. The SMILES string of the molecule is Cn1c(CCC2CCNCC2)cc(=O)n1C. The van der Waals surface area contributed by atoms with Gasteiger partial charge < -0.3 is 5.32 Å². The Bertz CT molecular complexity index is 399. The first kappa shape index (κ1) is 11.5. The normalized spacial score (nSPS) is 17.9. The number of nitrogens with zero attached hydrogens (tertiary/aromatic N) is 2. The topological polar surface area (TPSA) is 39.0 Å². The summed E-state index contributed by atoms with van der Waals surface area (Å²) in [6.07, 6.45) is 4.79. The molecule has 1 aromatic rings. The summed E-state index contributed by atoms with van der Waals surface area (Å²) in [6, 6.07) is 1.76. The Kier molecular flexibility index (Phi) is 3.49. The van der Waals surface area contributed by atoms with Crippen molar-refractivity contribution >= 4 is 0 Å². The van der Waals surface area contributed by atoms with E-state index in [0.29, 0.717) is 0 Å². The molecule has 4 nitrogen and oxygen atoms in total. The highest BCUT2D eigenvalue weighted by atomic mass is 16.1. The van der Waals surface area contributed by atoms with E-state index < -0.39 is 0 Å². The molecule has 1 fully saturated rings. The fraction of sp³-hybridized carbons (Fsp3) is 0.750. The molecule has 0 unspecified atom stereocenters. The van der Waals surface area contributed by atoms with Gasteiger partial charge in [-0.15, -0.1) is 0 Å². The van der Waals surface area contributed by atoms with E-state index in [-0.39, 0.29) is 5.56 Å². The fourth-order valence-corrected chi connectivity index (χ4v) is 2.43. The van der Waals surface area contributed by atoms with Gasteiger partial charge in [0.1, 0.15) is 0 Å². The maximum absolute atomic E-state index is 11.4. The third-order valence-electron chi connectivity index (χ3n) is 3.74. The minimum absolute atomic E-state index is 0.0998. The molecule has 1 N–H and O–H groups in total. The van der Waals surface area contributed by atoms with Gasteiger partial charge in [-0.25, -0.2) is 0 Å². The van der Waals surface area contributed by atoms with Crippen LogP contribution in [0.25, 0.3) is 0 Å².